The van der Waals surface area contributed by atoms with Gasteiger partial charge in [0.25, 0.3) is 0 Å². The molecule has 1 N–H and O–H groups in total. The number of ether oxygens (including phenoxy) is 1. The molecule has 0 aliphatic rings. The van der Waals surface area contributed by atoms with Crippen molar-refractivity contribution in [3.05, 3.63) is 20.8 Å². The largest absolute Gasteiger partial charge is 0.379 e. The van der Waals surface area contributed by atoms with Crippen LogP contribution in [-0.4, -0.2) is 25.3 Å². The van der Waals surface area contributed by atoms with E-state index < -0.39 is 0 Å². The average molecular weight is 320 g/mol. The summed E-state index contributed by atoms with van der Waals surface area (Å²) in [6.45, 7) is 7.43. The highest BCUT2D eigenvalue weighted by atomic mass is 79.9. The second-order valence-electron chi connectivity index (χ2n) is 4.86. The lowest BCUT2D eigenvalue weighted by molar-refractivity contribution is 0.00732. The van der Waals surface area contributed by atoms with Crippen molar-refractivity contribution in [2.45, 2.75) is 45.3 Å². The third-order valence-corrected chi connectivity index (χ3v) is 4.57. The van der Waals surface area contributed by atoms with Crippen molar-refractivity contribution in [1.29, 1.82) is 0 Å². The lowest BCUT2D eigenvalue weighted by Crippen LogP contribution is -2.38. The third-order valence-electron chi connectivity index (χ3n) is 2.85. The number of thiophene rings is 1. The van der Waals surface area contributed by atoms with Gasteiger partial charge in [-0.3, -0.25) is 0 Å². The predicted molar refractivity (Wildman–Crippen MR) is 78.9 cm³/mol. The zero-order chi connectivity index (χ0) is 12.9. The first-order valence-electron chi connectivity index (χ1n) is 5.98. The molecule has 1 unspecified atom stereocenters. The molecule has 1 aromatic heterocycles. The van der Waals surface area contributed by atoms with Gasteiger partial charge in [-0.1, -0.05) is 6.92 Å². The molecule has 2 nitrogen and oxygen atoms in total. The first-order valence-corrected chi connectivity index (χ1v) is 7.65. The Hall–Kier alpha value is 0.1000. The Morgan fingerprint density at radius 1 is 1.53 bits per heavy atom. The molecule has 1 aromatic rings. The van der Waals surface area contributed by atoms with Crippen LogP contribution in [0.1, 0.15) is 32.1 Å². The van der Waals surface area contributed by atoms with Gasteiger partial charge in [0, 0.05) is 27.9 Å². The van der Waals surface area contributed by atoms with Crippen LogP contribution in [0.5, 0.6) is 0 Å². The molecule has 0 amide bonds. The Morgan fingerprint density at radius 2 is 2.24 bits per heavy atom. The summed E-state index contributed by atoms with van der Waals surface area (Å²) in [4.78, 5) is 1.41. The highest BCUT2D eigenvalue weighted by molar-refractivity contribution is 9.10. The number of likely N-dealkylation sites (N-methyl/N-ethyl adjacent to an activating group) is 1. The second-order valence-corrected chi connectivity index (χ2v) is 6.77. The van der Waals surface area contributed by atoms with E-state index in [1.54, 1.807) is 7.11 Å². The third kappa shape index (κ3) is 5.51. The lowest BCUT2D eigenvalue weighted by atomic mass is 9.96. The minimum Gasteiger partial charge on any atom is -0.379 e. The standard InChI is InChI=1S/C13H22BrNOS/c1-5-15-11(8-13(2,3)16-4)7-12-6-10(14)9-17-12/h6,9,11,15H,5,7-8H2,1-4H3. The van der Waals surface area contributed by atoms with Crippen molar-refractivity contribution >= 4 is 27.3 Å². The number of halogens is 1. The number of methoxy groups -OCH3 is 1. The molecule has 98 valence electrons. The highest BCUT2D eigenvalue weighted by Crippen LogP contribution is 2.24. The maximum atomic E-state index is 5.51. The SMILES string of the molecule is CCNC(Cc1cc(Br)cs1)CC(C)(C)OC. The van der Waals surface area contributed by atoms with Crippen LogP contribution in [0.15, 0.2) is 15.9 Å². The molecule has 0 aliphatic heterocycles. The first-order chi connectivity index (χ1) is 7.96. The number of hydrogen-bond acceptors (Lipinski definition) is 3. The van der Waals surface area contributed by atoms with Gasteiger partial charge >= 0.3 is 0 Å². The van der Waals surface area contributed by atoms with E-state index in [4.69, 9.17) is 4.74 Å². The van der Waals surface area contributed by atoms with Gasteiger partial charge in [-0.25, -0.2) is 0 Å². The van der Waals surface area contributed by atoms with Crippen molar-refractivity contribution in [3.8, 4) is 0 Å². The van der Waals surface area contributed by atoms with Crippen LogP contribution in [0.25, 0.3) is 0 Å². The molecule has 0 aromatic carbocycles. The summed E-state index contributed by atoms with van der Waals surface area (Å²) in [6.07, 6.45) is 2.09. The fourth-order valence-corrected chi connectivity index (χ4v) is 3.42. The summed E-state index contributed by atoms with van der Waals surface area (Å²) in [5, 5.41) is 5.68. The van der Waals surface area contributed by atoms with Gasteiger partial charge in [0.05, 0.1) is 5.60 Å². The fraction of sp³-hybridized carbons (Fsp3) is 0.692. The number of hydrogen-bond donors (Lipinski definition) is 1. The molecule has 0 radical (unpaired) electrons. The summed E-state index contributed by atoms with van der Waals surface area (Å²) < 4.78 is 6.69. The molecule has 1 atom stereocenters. The van der Waals surface area contributed by atoms with Crippen molar-refractivity contribution in [3.63, 3.8) is 0 Å². The fourth-order valence-electron chi connectivity index (χ4n) is 1.89. The molecular formula is C13H22BrNOS. The molecule has 17 heavy (non-hydrogen) atoms. The highest BCUT2D eigenvalue weighted by Gasteiger charge is 2.22. The van der Waals surface area contributed by atoms with Crippen LogP contribution in [-0.2, 0) is 11.2 Å². The molecule has 0 saturated carbocycles. The molecule has 0 fully saturated rings. The Balaban J connectivity index is 2.60. The first kappa shape index (κ1) is 15.2. The molecular weight excluding hydrogens is 298 g/mol. The Bertz CT molecular complexity index is 338. The number of nitrogens with one attached hydrogen (secondary N) is 1. The Labute approximate surface area is 117 Å². The lowest BCUT2D eigenvalue weighted by Gasteiger charge is -2.28. The van der Waals surface area contributed by atoms with Crippen LogP contribution in [0.2, 0.25) is 0 Å². The molecule has 4 heteroatoms. The van der Waals surface area contributed by atoms with Gasteiger partial charge in [-0.2, -0.15) is 0 Å². The van der Waals surface area contributed by atoms with E-state index in [1.807, 2.05) is 11.3 Å². The Kier molecular flexibility index (Phi) is 6.13. The van der Waals surface area contributed by atoms with Gasteiger partial charge < -0.3 is 10.1 Å². The zero-order valence-electron chi connectivity index (χ0n) is 11.0. The molecule has 0 aliphatic carbocycles. The molecule has 0 spiro atoms. The van der Waals surface area contributed by atoms with Crippen LogP contribution in [0.3, 0.4) is 0 Å². The van der Waals surface area contributed by atoms with Crippen LogP contribution >= 0.6 is 27.3 Å². The summed E-state index contributed by atoms with van der Waals surface area (Å²) >= 11 is 5.31. The molecule has 1 heterocycles. The normalized spacial score (nSPS) is 13.9. The van der Waals surface area contributed by atoms with Gasteiger partial charge in [0.2, 0.25) is 0 Å². The van der Waals surface area contributed by atoms with Crippen molar-refractivity contribution < 1.29 is 4.74 Å². The smallest absolute Gasteiger partial charge is 0.0637 e. The predicted octanol–water partition coefficient (Wildman–Crippen LogP) is 3.85. The van der Waals surface area contributed by atoms with Crippen LogP contribution in [0.4, 0.5) is 0 Å². The number of rotatable bonds is 7. The maximum Gasteiger partial charge on any atom is 0.0637 e. The summed E-state index contributed by atoms with van der Waals surface area (Å²) in [6, 6.07) is 2.68. The molecule has 1 rings (SSSR count). The molecule has 0 bridgehead atoms. The van der Waals surface area contributed by atoms with E-state index in [-0.39, 0.29) is 5.60 Å². The minimum absolute atomic E-state index is 0.0681. The van der Waals surface area contributed by atoms with E-state index in [0.29, 0.717) is 6.04 Å². The maximum absolute atomic E-state index is 5.51. The zero-order valence-corrected chi connectivity index (χ0v) is 13.5. The van der Waals surface area contributed by atoms with Crippen molar-refractivity contribution in [2.75, 3.05) is 13.7 Å². The van der Waals surface area contributed by atoms with Crippen LogP contribution < -0.4 is 5.32 Å². The monoisotopic (exact) mass is 319 g/mol. The van der Waals surface area contributed by atoms with Crippen molar-refractivity contribution in [1.82, 2.24) is 5.32 Å². The van der Waals surface area contributed by atoms with E-state index >= 15 is 0 Å². The van der Waals surface area contributed by atoms with Crippen LogP contribution in [0, 0.1) is 0 Å². The quantitative estimate of drug-likeness (QED) is 0.824. The second kappa shape index (κ2) is 6.88. The van der Waals surface area contributed by atoms with Crippen molar-refractivity contribution in [2.24, 2.45) is 0 Å². The van der Waals surface area contributed by atoms with Gasteiger partial charge in [-0.05, 0) is 55.2 Å². The summed E-state index contributed by atoms with van der Waals surface area (Å²) in [5.41, 5.74) is -0.0681. The van der Waals surface area contributed by atoms with E-state index in [9.17, 15) is 0 Å². The van der Waals surface area contributed by atoms with E-state index in [0.717, 1.165) is 19.4 Å². The summed E-state index contributed by atoms with van der Waals surface area (Å²) in [7, 11) is 1.78. The topological polar surface area (TPSA) is 21.3 Å². The summed E-state index contributed by atoms with van der Waals surface area (Å²) in [5.74, 6) is 0. The van der Waals surface area contributed by atoms with Gasteiger partial charge in [0.15, 0.2) is 0 Å². The van der Waals surface area contributed by atoms with E-state index in [2.05, 4.69) is 53.5 Å². The molecule has 0 saturated heterocycles. The Morgan fingerprint density at radius 3 is 2.71 bits per heavy atom. The van der Waals surface area contributed by atoms with Gasteiger partial charge in [-0.15, -0.1) is 11.3 Å². The van der Waals surface area contributed by atoms with Gasteiger partial charge in [0.1, 0.15) is 0 Å². The minimum atomic E-state index is -0.0681. The average Bonchev–Trinajstić information content (AvgIpc) is 2.64. The van der Waals surface area contributed by atoms with E-state index in [1.165, 1.54) is 9.35 Å².